The lowest BCUT2D eigenvalue weighted by molar-refractivity contribution is 0.0795. The first-order valence-electron chi connectivity index (χ1n) is 3.63. The molecule has 7 heteroatoms. The maximum atomic E-state index is 10.4. The van der Waals surface area contributed by atoms with Gasteiger partial charge in [0.2, 0.25) is 0 Å². The van der Waals surface area contributed by atoms with E-state index in [-0.39, 0.29) is 6.61 Å². The van der Waals surface area contributed by atoms with Crippen molar-refractivity contribution in [2.75, 3.05) is 0 Å². The summed E-state index contributed by atoms with van der Waals surface area (Å²) in [4.78, 5) is 6.32. The van der Waals surface area contributed by atoms with Gasteiger partial charge in [0, 0.05) is 5.02 Å². The summed E-state index contributed by atoms with van der Waals surface area (Å²) in [6, 6.07) is 6.79. The van der Waals surface area contributed by atoms with E-state index in [1.807, 2.05) is 0 Å². The van der Waals surface area contributed by atoms with E-state index in [2.05, 4.69) is 9.98 Å². The van der Waals surface area contributed by atoms with E-state index in [0.29, 0.717) is 5.02 Å². The molecular weight excluding hydrogens is 228 g/mol. The van der Waals surface area contributed by atoms with Crippen molar-refractivity contribution < 1.29 is 13.3 Å². The third-order valence-corrected chi connectivity index (χ3v) is 1.93. The van der Waals surface area contributed by atoms with E-state index in [1.54, 1.807) is 29.2 Å². The molecule has 0 radical (unpaired) electrons. The number of nitrogens with two attached hydrogens (primary N) is 1. The second kappa shape index (κ2) is 4.72. The molecule has 0 aliphatic heterocycles. The first-order chi connectivity index (χ1) is 6.47. The van der Waals surface area contributed by atoms with Gasteiger partial charge in [-0.1, -0.05) is 28.6 Å². The molecule has 14 heavy (non-hydrogen) atoms. The molecule has 0 heterocycles. The highest BCUT2D eigenvalue weighted by atomic mass is 35.5. The largest absolute Gasteiger partial charge is 0.296 e. The fourth-order valence-electron chi connectivity index (χ4n) is 0.776. The van der Waals surface area contributed by atoms with Crippen LogP contribution in [0.25, 0.3) is 0 Å². The zero-order valence-electron chi connectivity index (χ0n) is 7.10. The average molecular weight is 237 g/mol. The molecule has 1 aromatic carbocycles. The van der Waals surface area contributed by atoms with Crippen LogP contribution in [0.15, 0.2) is 24.3 Å². The summed E-state index contributed by atoms with van der Waals surface area (Å²) >= 11 is 5.65. The summed E-state index contributed by atoms with van der Waals surface area (Å²) in [6.45, 7) is 0.0909. The Morgan fingerprint density at radius 1 is 1.36 bits per heavy atom. The molecule has 0 saturated carbocycles. The molecule has 0 amide bonds. The van der Waals surface area contributed by atoms with Crippen LogP contribution in [-0.4, -0.2) is 8.42 Å². The first kappa shape index (κ1) is 11.4. The molecule has 0 spiro atoms. The van der Waals surface area contributed by atoms with Gasteiger partial charge in [-0.2, -0.15) is 8.42 Å². The Balaban J connectivity index is 2.43. The van der Waals surface area contributed by atoms with Crippen LogP contribution in [0.4, 0.5) is 0 Å². The molecule has 0 bridgehead atoms. The summed E-state index contributed by atoms with van der Waals surface area (Å²) in [5, 5.41) is 5.24. The molecule has 78 valence electrons. The Bertz CT molecular complexity index is 390. The van der Waals surface area contributed by atoms with Crippen molar-refractivity contribution in [3.8, 4) is 0 Å². The van der Waals surface area contributed by atoms with Crippen molar-refractivity contribution in [1.82, 2.24) is 4.89 Å². The van der Waals surface area contributed by atoms with Crippen molar-refractivity contribution in [1.29, 1.82) is 0 Å². The molecule has 0 atom stereocenters. The standard InChI is InChI=1S/C7H9ClN2O3S/c8-7-3-1-6(2-4-7)5-13-10-14(9,11)12/h1-4,10H,5H2,(H2,9,11,12). The minimum Gasteiger partial charge on any atom is -0.281 e. The average Bonchev–Trinajstić information content (AvgIpc) is 2.06. The Morgan fingerprint density at radius 3 is 2.43 bits per heavy atom. The maximum absolute atomic E-state index is 10.4. The Morgan fingerprint density at radius 2 is 1.93 bits per heavy atom. The zero-order chi connectivity index (χ0) is 10.6. The van der Waals surface area contributed by atoms with E-state index in [0.717, 1.165) is 5.56 Å². The van der Waals surface area contributed by atoms with Gasteiger partial charge in [0.1, 0.15) is 0 Å². The van der Waals surface area contributed by atoms with Gasteiger partial charge in [0.05, 0.1) is 6.61 Å². The van der Waals surface area contributed by atoms with Gasteiger partial charge >= 0.3 is 0 Å². The number of rotatable bonds is 4. The summed E-state index contributed by atoms with van der Waals surface area (Å²) in [7, 11) is -3.80. The number of hydrogen-bond acceptors (Lipinski definition) is 3. The van der Waals surface area contributed by atoms with E-state index < -0.39 is 10.2 Å². The van der Waals surface area contributed by atoms with E-state index >= 15 is 0 Å². The number of halogens is 1. The van der Waals surface area contributed by atoms with Gasteiger partial charge in [-0.15, -0.1) is 0 Å². The third kappa shape index (κ3) is 4.54. The molecule has 0 aliphatic rings. The van der Waals surface area contributed by atoms with Crippen LogP contribution in [-0.2, 0) is 21.7 Å². The van der Waals surface area contributed by atoms with Gasteiger partial charge in [0.15, 0.2) is 0 Å². The summed E-state index contributed by atoms with van der Waals surface area (Å²) in [5.74, 6) is 0. The van der Waals surface area contributed by atoms with Crippen molar-refractivity contribution >= 4 is 21.8 Å². The SMILES string of the molecule is NS(=O)(=O)NOCc1ccc(Cl)cc1. The first-order valence-corrected chi connectivity index (χ1v) is 5.55. The van der Waals surface area contributed by atoms with Crippen LogP contribution in [0.2, 0.25) is 5.02 Å². The predicted molar refractivity (Wildman–Crippen MR) is 52.5 cm³/mol. The van der Waals surface area contributed by atoms with Crippen LogP contribution in [0.5, 0.6) is 0 Å². The van der Waals surface area contributed by atoms with Gasteiger partial charge in [-0.3, -0.25) is 4.84 Å². The summed E-state index contributed by atoms with van der Waals surface area (Å²) in [5.41, 5.74) is 0.783. The predicted octanol–water partition coefficient (Wildman–Crippen LogP) is 0.565. The van der Waals surface area contributed by atoms with Crippen molar-refractivity contribution in [3.05, 3.63) is 34.9 Å². The van der Waals surface area contributed by atoms with Crippen LogP contribution in [0.1, 0.15) is 5.56 Å². The fourth-order valence-corrected chi connectivity index (χ4v) is 1.12. The van der Waals surface area contributed by atoms with Gasteiger partial charge in [0.25, 0.3) is 10.2 Å². The van der Waals surface area contributed by atoms with Crippen molar-refractivity contribution in [2.45, 2.75) is 6.61 Å². The molecule has 5 nitrogen and oxygen atoms in total. The Kier molecular flexibility index (Phi) is 3.85. The highest BCUT2D eigenvalue weighted by Crippen LogP contribution is 2.09. The number of benzene rings is 1. The minimum absolute atomic E-state index is 0.0909. The lowest BCUT2D eigenvalue weighted by Gasteiger charge is -2.03. The maximum Gasteiger partial charge on any atom is 0.296 e. The smallest absolute Gasteiger partial charge is 0.281 e. The monoisotopic (exact) mass is 236 g/mol. The van der Waals surface area contributed by atoms with Gasteiger partial charge in [-0.05, 0) is 17.7 Å². The van der Waals surface area contributed by atoms with Crippen molar-refractivity contribution in [3.63, 3.8) is 0 Å². The van der Waals surface area contributed by atoms with E-state index in [4.69, 9.17) is 11.6 Å². The molecule has 0 aliphatic carbocycles. The molecule has 0 saturated heterocycles. The highest BCUT2D eigenvalue weighted by molar-refractivity contribution is 7.87. The molecule has 1 aromatic rings. The molecule has 0 aromatic heterocycles. The van der Waals surface area contributed by atoms with Crippen molar-refractivity contribution in [2.24, 2.45) is 5.14 Å². The number of nitrogens with one attached hydrogen (secondary N) is 1. The lowest BCUT2D eigenvalue weighted by Crippen LogP contribution is -2.30. The van der Waals surface area contributed by atoms with E-state index in [1.165, 1.54) is 0 Å². The summed E-state index contributed by atoms with van der Waals surface area (Å²) in [6.07, 6.45) is 0. The summed E-state index contributed by atoms with van der Waals surface area (Å²) < 4.78 is 20.8. The zero-order valence-corrected chi connectivity index (χ0v) is 8.68. The van der Waals surface area contributed by atoms with Crippen LogP contribution in [0, 0.1) is 0 Å². The minimum atomic E-state index is -3.80. The second-order valence-electron chi connectivity index (χ2n) is 2.54. The van der Waals surface area contributed by atoms with Crippen LogP contribution in [0.3, 0.4) is 0 Å². The quantitative estimate of drug-likeness (QED) is 0.750. The second-order valence-corrected chi connectivity index (χ2v) is 4.24. The van der Waals surface area contributed by atoms with Gasteiger partial charge < -0.3 is 0 Å². The third-order valence-electron chi connectivity index (χ3n) is 1.33. The molecule has 0 unspecified atom stereocenters. The highest BCUT2D eigenvalue weighted by Gasteiger charge is 2.00. The normalized spacial score (nSPS) is 11.6. The Hall–Kier alpha value is -0.660. The van der Waals surface area contributed by atoms with Gasteiger partial charge in [-0.25, -0.2) is 5.14 Å². The fraction of sp³-hybridized carbons (Fsp3) is 0.143. The molecule has 3 N–H and O–H groups in total. The topological polar surface area (TPSA) is 81.4 Å². The number of hydrogen-bond donors (Lipinski definition) is 2. The molecular formula is C7H9ClN2O3S. The lowest BCUT2D eigenvalue weighted by atomic mass is 10.2. The Labute approximate surface area is 87.0 Å². The van der Waals surface area contributed by atoms with Crippen LogP contribution < -0.4 is 10.0 Å². The molecule has 1 rings (SSSR count). The van der Waals surface area contributed by atoms with Crippen LogP contribution >= 0.6 is 11.6 Å². The molecule has 0 fully saturated rings. The van der Waals surface area contributed by atoms with E-state index in [9.17, 15) is 8.42 Å².